The van der Waals surface area contributed by atoms with Crippen LogP contribution in [0.5, 0.6) is 0 Å². The van der Waals surface area contributed by atoms with E-state index in [-0.39, 0.29) is 0 Å². The van der Waals surface area contributed by atoms with Crippen molar-refractivity contribution < 1.29 is 0 Å². The number of hydrogen-bond acceptors (Lipinski definition) is 4. The Kier molecular flexibility index (Phi) is 2.32. The van der Waals surface area contributed by atoms with E-state index in [1.165, 1.54) is 6.20 Å². The molecular formula is C8H8ClN5. The van der Waals surface area contributed by atoms with E-state index in [2.05, 4.69) is 20.4 Å². The molecule has 0 aliphatic rings. The summed E-state index contributed by atoms with van der Waals surface area (Å²) in [7, 11) is 1.85. The molecule has 0 aliphatic heterocycles. The third kappa shape index (κ3) is 2.00. The van der Waals surface area contributed by atoms with Crippen LogP contribution in [0.25, 0.3) is 0 Å². The summed E-state index contributed by atoms with van der Waals surface area (Å²) in [6.45, 7) is 0. The quantitative estimate of drug-likeness (QED) is 0.817. The maximum Gasteiger partial charge on any atom is 0.153 e. The molecule has 0 aromatic carbocycles. The number of rotatable bonds is 2. The van der Waals surface area contributed by atoms with Gasteiger partial charge in [0.25, 0.3) is 0 Å². The van der Waals surface area contributed by atoms with Gasteiger partial charge in [-0.2, -0.15) is 5.10 Å². The van der Waals surface area contributed by atoms with E-state index in [0.29, 0.717) is 11.0 Å². The van der Waals surface area contributed by atoms with Crippen LogP contribution in [-0.4, -0.2) is 19.7 Å². The molecule has 1 N–H and O–H groups in total. The largest absolute Gasteiger partial charge is 0.322 e. The first-order valence-corrected chi connectivity index (χ1v) is 4.36. The van der Waals surface area contributed by atoms with Gasteiger partial charge in [0.15, 0.2) is 5.82 Å². The van der Waals surface area contributed by atoms with Gasteiger partial charge >= 0.3 is 0 Å². The van der Waals surface area contributed by atoms with E-state index in [1.807, 2.05) is 19.3 Å². The lowest BCUT2D eigenvalue weighted by Crippen LogP contribution is -1.96. The highest BCUT2D eigenvalue weighted by Gasteiger charge is 1.98. The van der Waals surface area contributed by atoms with Crippen molar-refractivity contribution in [2.24, 2.45) is 7.05 Å². The Morgan fingerprint density at radius 3 is 2.71 bits per heavy atom. The number of halogens is 1. The van der Waals surface area contributed by atoms with Gasteiger partial charge in [0.1, 0.15) is 11.0 Å². The summed E-state index contributed by atoms with van der Waals surface area (Å²) in [5, 5.41) is 7.49. The Hall–Kier alpha value is -1.62. The minimum Gasteiger partial charge on any atom is -0.322 e. The topological polar surface area (TPSA) is 55.6 Å². The fourth-order valence-electron chi connectivity index (χ4n) is 0.990. The van der Waals surface area contributed by atoms with Crippen LogP contribution in [-0.2, 0) is 7.05 Å². The average Bonchev–Trinajstić information content (AvgIpc) is 2.56. The number of aryl methyl sites for hydroxylation is 1. The Labute approximate surface area is 85.8 Å². The summed E-state index contributed by atoms with van der Waals surface area (Å²) in [6, 6.07) is 1.84. The summed E-state index contributed by atoms with van der Waals surface area (Å²) in [4.78, 5) is 7.92. The van der Waals surface area contributed by atoms with Crippen molar-refractivity contribution in [3.8, 4) is 0 Å². The van der Waals surface area contributed by atoms with Crippen molar-refractivity contribution in [2.45, 2.75) is 0 Å². The SMILES string of the molecule is Cn1ccc(Nc2cnc(Cl)cn2)n1. The summed E-state index contributed by atoms with van der Waals surface area (Å²) in [5.74, 6) is 1.34. The predicted molar refractivity (Wildman–Crippen MR) is 53.5 cm³/mol. The molecule has 0 radical (unpaired) electrons. The second-order valence-electron chi connectivity index (χ2n) is 2.72. The highest BCUT2D eigenvalue weighted by molar-refractivity contribution is 6.29. The standard InChI is InChI=1S/C8H8ClN5/c1-14-3-2-7(13-14)12-8-5-10-6(9)4-11-8/h2-5H,1H3,(H,11,12,13). The first-order valence-electron chi connectivity index (χ1n) is 3.98. The van der Waals surface area contributed by atoms with Crippen LogP contribution in [0.1, 0.15) is 0 Å². The van der Waals surface area contributed by atoms with E-state index < -0.39 is 0 Å². The molecule has 0 fully saturated rings. The predicted octanol–water partition coefficient (Wildman–Crippen LogP) is 1.61. The second kappa shape index (κ2) is 3.63. The molecule has 2 aromatic heterocycles. The summed E-state index contributed by atoms with van der Waals surface area (Å²) in [5.41, 5.74) is 0. The molecular weight excluding hydrogens is 202 g/mol. The molecule has 0 bridgehead atoms. The number of aromatic nitrogens is 4. The molecule has 72 valence electrons. The van der Waals surface area contributed by atoms with Gasteiger partial charge in [0, 0.05) is 19.3 Å². The number of anilines is 2. The Bertz CT molecular complexity index is 422. The summed E-state index contributed by atoms with van der Waals surface area (Å²) < 4.78 is 1.70. The number of nitrogens with zero attached hydrogens (tertiary/aromatic N) is 4. The van der Waals surface area contributed by atoms with Gasteiger partial charge in [-0.05, 0) is 0 Å². The summed E-state index contributed by atoms with van der Waals surface area (Å²) in [6.07, 6.45) is 4.87. The zero-order valence-electron chi connectivity index (χ0n) is 7.48. The zero-order valence-corrected chi connectivity index (χ0v) is 8.23. The monoisotopic (exact) mass is 209 g/mol. The molecule has 0 saturated carbocycles. The molecule has 2 rings (SSSR count). The molecule has 0 amide bonds. The molecule has 0 unspecified atom stereocenters. The molecule has 0 saturated heterocycles. The highest BCUT2D eigenvalue weighted by Crippen LogP contribution is 2.11. The van der Waals surface area contributed by atoms with Crippen molar-refractivity contribution >= 4 is 23.2 Å². The first kappa shape index (κ1) is 8.96. The highest BCUT2D eigenvalue weighted by atomic mass is 35.5. The zero-order chi connectivity index (χ0) is 9.97. The van der Waals surface area contributed by atoms with Gasteiger partial charge in [0.2, 0.25) is 0 Å². The maximum atomic E-state index is 5.60. The smallest absolute Gasteiger partial charge is 0.153 e. The number of hydrogen-bond donors (Lipinski definition) is 1. The minimum absolute atomic E-state index is 0.372. The van der Waals surface area contributed by atoms with Gasteiger partial charge in [-0.1, -0.05) is 11.6 Å². The molecule has 14 heavy (non-hydrogen) atoms. The van der Waals surface area contributed by atoms with Gasteiger partial charge in [-0.25, -0.2) is 9.97 Å². The lowest BCUT2D eigenvalue weighted by molar-refractivity contribution is 0.771. The number of nitrogens with one attached hydrogen (secondary N) is 1. The Morgan fingerprint density at radius 1 is 1.29 bits per heavy atom. The second-order valence-corrected chi connectivity index (χ2v) is 3.11. The van der Waals surface area contributed by atoms with Crippen LogP contribution in [0.3, 0.4) is 0 Å². The van der Waals surface area contributed by atoms with Crippen LogP contribution in [0, 0.1) is 0 Å². The van der Waals surface area contributed by atoms with E-state index in [0.717, 1.165) is 5.82 Å². The fourth-order valence-corrected chi connectivity index (χ4v) is 1.09. The van der Waals surface area contributed by atoms with Crippen molar-refractivity contribution in [1.29, 1.82) is 0 Å². The molecule has 0 aliphatic carbocycles. The van der Waals surface area contributed by atoms with Gasteiger partial charge in [-0.15, -0.1) is 0 Å². The average molecular weight is 210 g/mol. The van der Waals surface area contributed by atoms with Crippen LogP contribution in [0.4, 0.5) is 11.6 Å². The van der Waals surface area contributed by atoms with Crippen LogP contribution in [0.2, 0.25) is 5.15 Å². The normalized spacial score (nSPS) is 10.1. The van der Waals surface area contributed by atoms with Gasteiger partial charge in [0.05, 0.1) is 12.4 Å². The third-order valence-electron chi connectivity index (χ3n) is 1.59. The minimum atomic E-state index is 0.372. The van der Waals surface area contributed by atoms with Gasteiger partial charge in [-0.3, -0.25) is 4.68 Å². The lowest BCUT2D eigenvalue weighted by Gasteiger charge is -1.99. The maximum absolute atomic E-state index is 5.60. The fraction of sp³-hybridized carbons (Fsp3) is 0.125. The third-order valence-corrected chi connectivity index (χ3v) is 1.79. The Balaban J connectivity index is 2.15. The van der Waals surface area contributed by atoms with Crippen molar-refractivity contribution in [3.05, 3.63) is 29.8 Å². The van der Waals surface area contributed by atoms with Crippen LogP contribution >= 0.6 is 11.6 Å². The molecule has 6 heteroatoms. The van der Waals surface area contributed by atoms with E-state index >= 15 is 0 Å². The molecule has 0 atom stereocenters. The molecule has 2 aromatic rings. The van der Waals surface area contributed by atoms with Crippen LogP contribution < -0.4 is 5.32 Å². The lowest BCUT2D eigenvalue weighted by atomic mass is 10.6. The molecule has 2 heterocycles. The van der Waals surface area contributed by atoms with Gasteiger partial charge < -0.3 is 5.32 Å². The summed E-state index contributed by atoms with van der Waals surface area (Å²) >= 11 is 5.60. The first-order chi connectivity index (χ1) is 6.74. The van der Waals surface area contributed by atoms with E-state index in [4.69, 9.17) is 11.6 Å². The molecule has 5 nitrogen and oxygen atoms in total. The van der Waals surface area contributed by atoms with Crippen molar-refractivity contribution in [1.82, 2.24) is 19.7 Å². The van der Waals surface area contributed by atoms with E-state index in [1.54, 1.807) is 10.9 Å². The van der Waals surface area contributed by atoms with Crippen LogP contribution in [0.15, 0.2) is 24.7 Å². The molecule has 0 spiro atoms. The van der Waals surface area contributed by atoms with Crippen molar-refractivity contribution in [2.75, 3.05) is 5.32 Å². The van der Waals surface area contributed by atoms with E-state index in [9.17, 15) is 0 Å². The Morgan fingerprint density at radius 2 is 2.14 bits per heavy atom. The van der Waals surface area contributed by atoms with Crippen molar-refractivity contribution in [3.63, 3.8) is 0 Å².